The summed E-state index contributed by atoms with van der Waals surface area (Å²) in [6, 6.07) is 4.15. The second-order valence-corrected chi connectivity index (χ2v) is 9.28. The van der Waals surface area contributed by atoms with Crippen LogP contribution in [-0.4, -0.2) is 46.2 Å². The Morgan fingerprint density at radius 1 is 1.39 bits per heavy atom. The number of aromatic nitrogens is 2. The molecule has 1 amide bonds. The predicted molar refractivity (Wildman–Crippen MR) is 116 cm³/mol. The van der Waals surface area contributed by atoms with Crippen molar-refractivity contribution in [2.45, 2.75) is 52.6 Å². The molecule has 2 heterocycles. The molecule has 0 spiro atoms. The van der Waals surface area contributed by atoms with Gasteiger partial charge in [0.05, 0.1) is 5.52 Å². The number of benzene rings is 1. The highest BCUT2D eigenvalue weighted by Crippen LogP contribution is 2.24. The number of fused-ring (bicyclic) bond motifs is 1. The molecule has 0 unspecified atom stereocenters. The van der Waals surface area contributed by atoms with Crippen molar-refractivity contribution in [2.24, 2.45) is 5.92 Å². The number of anilines is 1. The van der Waals surface area contributed by atoms with Gasteiger partial charge in [0.1, 0.15) is 5.60 Å². The number of piperidine rings is 1. The Morgan fingerprint density at radius 3 is 2.89 bits per heavy atom. The molecule has 1 aromatic carbocycles. The van der Waals surface area contributed by atoms with Crippen molar-refractivity contribution in [3.05, 3.63) is 28.4 Å². The molecule has 1 atom stereocenters. The lowest BCUT2D eigenvalue weighted by atomic mass is 9.98. The van der Waals surface area contributed by atoms with Crippen LogP contribution in [0.5, 0.6) is 0 Å². The molecule has 1 N–H and O–H groups in total. The van der Waals surface area contributed by atoms with Crippen LogP contribution in [0.25, 0.3) is 10.9 Å². The molecule has 6 nitrogen and oxygen atoms in total. The molecule has 1 aliphatic heterocycles. The molecule has 152 valence electrons. The van der Waals surface area contributed by atoms with E-state index in [2.05, 4.69) is 39.2 Å². The summed E-state index contributed by atoms with van der Waals surface area (Å²) >= 11 is 3.55. The van der Waals surface area contributed by atoms with Gasteiger partial charge in [-0.1, -0.05) is 22.9 Å². The second-order valence-electron chi connectivity index (χ2n) is 8.37. The Hall–Kier alpha value is -1.89. The van der Waals surface area contributed by atoms with Crippen molar-refractivity contribution in [2.75, 3.05) is 25.0 Å². The minimum absolute atomic E-state index is 0.225. The maximum Gasteiger partial charge on any atom is 0.410 e. The number of hydrogen-bond acceptors (Lipinski definition) is 5. The van der Waals surface area contributed by atoms with Crippen molar-refractivity contribution in [3.63, 3.8) is 0 Å². The van der Waals surface area contributed by atoms with E-state index in [0.717, 1.165) is 47.7 Å². The lowest BCUT2D eigenvalue weighted by Gasteiger charge is -2.34. The molecule has 0 aliphatic carbocycles. The Balaban J connectivity index is 1.63. The van der Waals surface area contributed by atoms with Gasteiger partial charge in [0.2, 0.25) is 5.95 Å². The quantitative estimate of drug-likeness (QED) is 0.711. The standard InChI is InChI=1S/C21H29BrN4O2/c1-5-15-9-17(22)10-16-12-24-19(25-18(15)16)23-11-14-7-6-8-26(13-14)20(27)28-21(2,3)4/h9-10,12,14H,5-8,11,13H2,1-4H3,(H,23,24,25)/t14-/m1/s1. The van der Waals surface area contributed by atoms with E-state index in [1.54, 1.807) is 0 Å². The van der Waals surface area contributed by atoms with Gasteiger partial charge in [0.25, 0.3) is 0 Å². The highest BCUT2D eigenvalue weighted by atomic mass is 79.9. The van der Waals surface area contributed by atoms with Crippen LogP contribution in [0.1, 0.15) is 46.1 Å². The smallest absolute Gasteiger partial charge is 0.410 e. The number of aryl methyl sites for hydroxylation is 1. The number of ether oxygens (including phenoxy) is 1. The molecular formula is C21H29BrN4O2. The van der Waals surface area contributed by atoms with Gasteiger partial charge in [-0.3, -0.25) is 0 Å². The van der Waals surface area contributed by atoms with E-state index >= 15 is 0 Å². The van der Waals surface area contributed by atoms with E-state index in [-0.39, 0.29) is 6.09 Å². The van der Waals surface area contributed by atoms with Gasteiger partial charge in [-0.25, -0.2) is 14.8 Å². The first-order chi connectivity index (χ1) is 13.2. The van der Waals surface area contributed by atoms with E-state index < -0.39 is 5.60 Å². The Bertz CT molecular complexity index is 850. The topological polar surface area (TPSA) is 67.4 Å². The van der Waals surface area contributed by atoms with Crippen molar-refractivity contribution >= 4 is 38.9 Å². The highest BCUT2D eigenvalue weighted by molar-refractivity contribution is 9.10. The van der Waals surface area contributed by atoms with E-state index in [4.69, 9.17) is 9.72 Å². The van der Waals surface area contributed by atoms with E-state index in [1.807, 2.05) is 37.9 Å². The number of nitrogens with zero attached hydrogens (tertiary/aromatic N) is 3. The Kier molecular flexibility index (Phi) is 6.43. The van der Waals surface area contributed by atoms with Crippen LogP contribution < -0.4 is 5.32 Å². The van der Waals surface area contributed by atoms with Gasteiger partial charge >= 0.3 is 6.09 Å². The number of carbonyl (C=O) groups is 1. The Morgan fingerprint density at radius 2 is 2.18 bits per heavy atom. The molecule has 3 rings (SSSR count). The average Bonchev–Trinajstić information content (AvgIpc) is 2.64. The van der Waals surface area contributed by atoms with Gasteiger partial charge < -0.3 is 15.0 Å². The third-order valence-electron chi connectivity index (χ3n) is 4.83. The van der Waals surface area contributed by atoms with Gasteiger partial charge in [-0.15, -0.1) is 0 Å². The first-order valence-corrected chi connectivity index (χ1v) is 10.7. The molecule has 0 radical (unpaired) electrons. The van der Waals surface area contributed by atoms with Crippen LogP contribution in [0.3, 0.4) is 0 Å². The third-order valence-corrected chi connectivity index (χ3v) is 5.29. The number of nitrogens with one attached hydrogen (secondary N) is 1. The maximum absolute atomic E-state index is 12.3. The average molecular weight is 449 g/mol. The zero-order chi connectivity index (χ0) is 20.3. The molecule has 0 saturated carbocycles. The van der Waals surface area contributed by atoms with Crippen molar-refractivity contribution in [1.82, 2.24) is 14.9 Å². The number of likely N-dealkylation sites (tertiary alicyclic amines) is 1. The van der Waals surface area contributed by atoms with Crippen LogP contribution in [0.2, 0.25) is 0 Å². The fraction of sp³-hybridized carbons (Fsp3) is 0.571. The number of carbonyl (C=O) groups excluding carboxylic acids is 1. The number of rotatable bonds is 4. The summed E-state index contributed by atoms with van der Waals surface area (Å²) in [5, 5.41) is 4.40. The second kappa shape index (κ2) is 8.64. The first-order valence-electron chi connectivity index (χ1n) is 9.92. The minimum atomic E-state index is -0.465. The molecule has 1 aliphatic rings. The molecule has 28 heavy (non-hydrogen) atoms. The normalized spacial score (nSPS) is 17.6. The molecule has 1 saturated heterocycles. The zero-order valence-corrected chi connectivity index (χ0v) is 18.7. The van der Waals surface area contributed by atoms with Crippen molar-refractivity contribution < 1.29 is 9.53 Å². The predicted octanol–water partition coefficient (Wildman–Crippen LogP) is 5.01. The SMILES string of the molecule is CCc1cc(Br)cc2cnc(NC[C@H]3CCCN(C(=O)OC(C)(C)C)C3)nc12. The molecule has 2 aromatic rings. The Labute approximate surface area is 175 Å². The van der Waals surface area contributed by atoms with Crippen LogP contribution >= 0.6 is 15.9 Å². The zero-order valence-electron chi connectivity index (χ0n) is 17.1. The molecular weight excluding hydrogens is 420 g/mol. The fourth-order valence-corrected chi connectivity index (χ4v) is 4.02. The summed E-state index contributed by atoms with van der Waals surface area (Å²) in [5.41, 5.74) is 1.72. The summed E-state index contributed by atoms with van der Waals surface area (Å²) in [6.45, 7) is 10.0. The lowest BCUT2D eigenvalue weighted by Crippen LogP contribution is -2.44. The summed E-state index contributed by atoms with van der Waals surface area (Å²) in [7, 11) is 0. The summed E-state index contributed by atoms with van der Waals surface area (Å²) in [4.78, 5) is 23.3. The van der Waals surface area contributed by atoms with E-state index in [1.165, 1.54) is 5.56 Å². The summed E-state index contributed by atoms with van der Waals surface area (Å²) < 4.78 is 6.56. The molecule has 1 aromatic heterocycles. The lowest BCUT2D eigenvalue weighted by molar-refractivity contribution is 0.0172. The third kappa shape index (κ3) is 5.34. The van der Waals surface area contributed by atoms with Crippen molar-refractivity contribution in [3.8, 4) is 0 Å². The number of halogens is 1. The fourth-order valence-electron chi connectivity index (χ4n) is 3.49. The van der Waals surface area contributed by atoms with E-state index in [0.29, 0.717) is 18.4 Å². The van der Waals surface area contributed by atoms with Gasteiger partial charge in [0.15, 0.2) is 0 Å². The van der Waals surface area contributed by atoms with Gasteiger partial charge in [0, 0.05) is 35.7 Å². The largest absolute Gasteiger partial charge is 0.444 e. The van der Waals surface area contributed by atoms with Crippen LogP contribution in [-0.2, 0) is 11.2 Å². The highest BCUT2D eigenvalue weighted by Gasteiger charge is 2.27. The van der Waals surface area contributed by atoms with E-state index in [9.17, 15) is 4.79 Å². The molecule has 0 bridgehead atoms. The monoisotopic (exact) mass is 448 g/mol. The minimum Gasteiger partial charge on any atom is -0.444 e. The number of hydrogen-bond donors (Lipinski definition) is 1. The van der Waals surface area contributed by atoms with Crippen molar-refractivity contribution in [1.29, 1.82) is 0 Å². The van der Waals surface area contributed by atoms with Gasteiger partial charge in [-0.2, -0.15) is 0 Å². The van der Waals surface area contributed by atoms with Crippen LogP contribution in [0, 0.1) is 5.92 Å². The van der Waals surface area contributed by atoms with Crippen LogP contribution in [0.15, 0.2) is 22.8 Å². The first kappa shape index (κ1) is 20.8. The van der Waals surface area contributed by atoms with Crippen LogP contribution in [0.4, 0.5) is 10.7 Å². The summed E-state index contributed by atoms with van der Waals surface area (Å²) in [6.07, 6.45) is 4.62. The van der Waals surface area contributed by atoms with Gasteiger partial charge in [-0.05, 0) is 63.6 Å². The summed E-state index contributed by atoms with van der Waals surface area (Å²) in [5.74, 6) is 0.995. The maximum atomic E-state index is 12.3. The molecule has 1 fully saturated rings. The molecule has 7 heteroatoms. The number of amides is 1.